The van der Waals surface area contributed by atoms with E-state index in [4.69, 9.17) is 49.0 Å². The zero-order chi connectivity index (χ0) is 20.9. The molecule has 1 aromatic carbocycles. The molecular formula is C17H20Cl3NO7. The number of benzene rings is 1. The Morgan fingerprint density at radius 1 is 1.21 bits per heavy atom. The molecule has 1 aromatic rings. The van der Waals surface area contributed by atoms with Crippen molar-refractivity contribution in [1.29, 1.82) is 0 Å². The van der Waals surface area contributed by atoms with Crippen LogP contribution in [0.3, 0.4) is 0 Å². The van der Waals surface area contributed by atoms with Crippen LogP contribution < -0.4 is 5.32 Å². The lowest BCUT2D eigenvalue weighted by Crippen LogP contribution is -2.67. The molecule has 0 aromatic heterocycles. The number of nitrogens with one attached hydrogen (secondary N) is 1. The second-order valence-electron chi connectivity index (χ2n) is 5.93. The van der Waals surface area contributed by atoms with Crippen LogP contribution in [0.2, 0.25) is 0 Å². The van der Waals surface area contributed by atoms with E-state index in [1.165, 1.54) is 7.11 Å². The highest BCUT2D eigenvalue weighted by Gasteiger charge is 2.51. The molecule has 1 fully saturated rings. The minimum absolute atomic E-state index is 0.0764. The lowest BCUT2D eigenvalue weighted by Gasteiger charge is -2.43. The largest absolute Gasteiger partial charge is 0.467 e. The zero-order valence-corrected chi connectivity index (χ0v) is 17.3. The van der Waals surface area contributed by atoms with Crippen LogP contribution in [0.4, 0.5) is 0 Å². The van der Waals surface area contributed by atoms with Gasteiger partial charge in [0.25, 0.3) is 9.70 Å². The maximum absolute atomic E-state index is 12.1. The maximum atomic E-state index is 12.1. The van der Waals surface area contributed by atoms with Gasteiger partial charge in [-0.15, -0.1) is 0 Å². The number of hydrogen-bond donors (Lipinski definition) is 2. The number of ether oxygens (including phenoxy) is 4. The Bertz CT molecular complexity index is 670. The highest BCUT2D eigenvalue weighted by molar-refractivity contribution is 6.76. The topological polar surface area (TPSA) is 103 Å². The number of methoxy groups -OCH3 is 2. The summed E-state index contributed by atoms with van der Waals surface area (Å²) in [7, 11) is 2.44. The smallest absolute Gasteiger partial charge is 0.337 e. The Labute approximate surface area is 176 Å². The number of halogens is 3. The number of carbonyl (C=O) groups excluding carboxylic acids is 2. The molecule has 1 aliphatic rings. The third-order valence-corrected chi connectivity index (χ3v) is 4.60. The molecule has 2 rings (SSSR count). The van der Waals surface area contributed by atoms with Gasteiger partial charge in [-0.1, -0.05) is 65.1 Å². The van der Waals surface area contributed by atoms with Crippen molar-refractivity contribution < 1.29 is 33.6 Å². The fourth-order valence-corrected chi connectivity index (χ4v) is 2.88. The van der Waals surface area contributed by atoms with E-state index in [0.29, 0.717) is 0 Å². The Balaban J connectivity index is 2.27. The monoisotopic (exact) mass is 455 g/mol. The normalized spacial score (nSPS) is 27.9. The van der Waals surface area contributed by atoms with Gasteiger partial charge in [0.15, 0.2) is 12.4 Å². The average molecular weight is 457 g/mol. The van der Waals surface area contributed by atoms with Gasteiger partial charge in [0.05, 0.1) is 13.7 Å². The Hall–Kier alpha value is -1.13. The van der Waals surface area contributed by atoms with Crippen molar-refractivity contribution >= 4 is 46.7 Å². The fourth-order valence-electron chi connectivity index (χ4n) is 2.71. The molecular weight excluding hydrogens is 437 g/mol. The first kappa shape index (κ1) is 23.2. The summed E-state index contributed by atoms with van der Waals surface area (Å²) in [5, 5.41) is 13.1. The van der Waals surface area contributed by atoms with Crippen LogP contribution in [0.25, 0.3) is 0 Å². The third kappa shape index (κ3) is 5.70. The van der Waals surface area contributed by atoms with Crippen LogP contribution >= 0.6 is 34.8 Å². The number of alkyl halides is 3. The minimum atomic E-state index is -2.26. The van der Waals surface area contributed by atoms with Gasteiger partial charge >= 0.3 is 5.97 Å². The first-order chi connectivity index (χ1) is 13.2. The minimum Gasteiger partial charge on any atom is -0.467 e. The molecule has 2 N–H and O–H groups in total. The molecule has 1 saturated heterocycles. The lowest BCUT2D eigenvalue weighted by atomic mass is 9.96. The van der Waals surface area contributed by atoms with Crippen molar-refractivity contribution in [2.75, 3.05) is 14.2 Å². The van der Waals surface area contributed by atoms with Gasteiger partial charge in [-0.3, -0.25) is 4.79 Å². The third-order valence-electron chi connectivity index (χ3n) is 4.08. The van der Waals surface area contributed by atoms with Gasteiger partial charge in [-0.25, -0.2) is 4.79 Å². The van der Waals surface area contributed by atoms with Crippen LogP contribution in [0.15, 0.2) is 30.3 Å². The maximum Gasteiger partial charge on any atom is 0.337 e. The van der Waals surface area contributed by atoms with E-state index in [9.17, 15) is 14.7 Å². The molecule has 1 aliphatic heterocycles. The Kier molecular flexibility index (Phi) is 8.32. The Morgan fingerprint density at radius 2 is 1.86 bits per heavy atom. The van der Waals surface area contributed by atoms with Crippen molar-refractivity contribution in [1.82, 2.24) is 5.32 Å². The van der Waals surface area contributed by atoms with E-state index < -0.39 is 46.3 Å². The zero-order valence-electron chi connectivity index (χ0n) is 15.0. The predicted molar refractivity (Wildman–Crippen MR) is 101 cm³/mol. The predicted octanol–water partition coefficient (Wildman–Crippen LogP) is 1.33. The van der Waals surface area contributed by atoms with Crippen molar-refractivity contribution in [3.05, 3.63) is 35.9 Å². The standard InChI is InChI=1S/C17H20Cl3NO7/c1-25-14(23)13-11(22)12(27-8-9-6-4-3-5-7-9)10(15(26-2)28-13)21-16(24)17(18,19)20/h3-7,10-13,15,22H,8H2,1-2H3,(H,21,24)/t10-,11-,12-,13-,15-/m0/s1. The summed E-state index contributed by atoms with van der Waals surface area (Å²) in [6.45, 7) is 0.0764. The van der Waals surface area contributed by atoms with Gasteiger partial charge in [-0.2, -0.15) is 0 Å². The average Bonchev–Trinajstić information content (AvgIpc) is 2.67. The molecule has 8 nitrogen and oxygen atoms in total. The number of aliphatic hydroxyl groups excluding tert-OH is 1. The molecule has 0 bridgehead atoms. The molecule has 156 valence electrons. The van der Waals surface area contributed by atoms with Crippen LogP contribution in [0.1, 0.15) is 5.56 Å². The quantitative estimate of drug-likeness (QED) is 0.492. The Morgan fingerprint density at radius 3 is 2.39 bits per heavy atom. The van der Waals surface area contributed by atoms with Crippen molar-refractivity contribution in [2.45, 2.75) is 41.0 Å². The molecule has 1 heterocycles. The van der Waals surface area contributed by atoms with E-state index in [0.717, 1.165) is 12.7 Å². The van der Waals surface area contributed by atoms with E-state index in [-0.39, 0.29) is 6.61 Å². The van der Waals surface area contributed by atoms with Crippen LogP contribution in [0.5, 0.6) is 0 Å². The molecule has 28 heavy (non-hydrogen) atoms. The van der Waals surface area contributed by atoms with Crippen LogP contribution in [-0.2, 0) is 35.1 Å². The number of esters is 1. The van der Waals surface area contributed by atoms with Gasteiger partial charge in [-0.05, 0) is 5.56 Å². The van der Waals surface area contributed by atoms with Gasteiger partial charge in [0.2, 0.25) is 0 Å². The fraction of sp³-hybridized carbons (Fsp3) is 0.529. The van der Waals surface area contributed by atoms with E-state index in [2.05, 4.69) is 10.1 Å². The van der Waals surface area contributed by atoms with Crippen molar-refractivity contribution in [3.8, 4) is 0 Å². The first-order valence-corrected chi connectivity index (χ1v) is 9.29. The molecule has 5 atom stereocenters. The second kappa shape index (κ2) is 10.1. The summed E-state index contributed by atoms with van der Waals surface area (Å²) in [4.78, 5) is 24.1. The molecule has 0 unspecified atom stereocenters. The number of aliphatic hydroxyl groups is 1. The number of hydrogen-bond acceptors (Lipinski definition) is 7. The van der Waals surface area contributed by atoms with Gasteiger partial charge < -0.3 is 29.4 Å². The summed E-state index contributed by atoms with van der Waals surface area (Å²) >= 11 is 16.8. The van der Waals surface area contributed by atoms with Crippen molar-refractivity contribution in [3.63, 3.8) is 0 Å². The summed E-state index contributed by atoms with van der Waals surface area (Å²) in [5.41, 5.74) is 0.802. The molecule has 0 radical (unpaired) electrons. The lowest BCUT2D eigenvalue weighted by molar-refractivity contribution is -0.266. The first-order valence-electron chi connectivity index (χ1n) is 8.16. The number of amides is 1. The molecule has 11 heteroatoms. The molecule has 0 saturated carbocycles. The summed E-state index contributed by atoms with van der Waals surface area (Å²) in [6.07, 6.45) is -5.18. The molecule has 1 amide bonds. The summed E-state index contributed by atoms with van der Waals surface area (Å²) in [6, 6.07) is 8.02. The SMILES string of the molecule is COC(=O)[C@H]1O[C@H](OC)[C@@H](NC(=O)C(Cl)(Cl)Cl)[C@H](OCc2ccccc2)[C@@H]1O. The molecule has 0 spiro atoms. The number of carbonyl (C=O) groups is 2. The highest BCUT2D eigenvalue weighted by Crippen LogP contribution is 2.30. The second-order valence-corrected chi connectivity index (χ2v) is 8.21. The van der Waals surface area contributed by atoms with E-state index in [1.54, 1.807) is 0 Å². The van der Waals surface area contributed by atoms with Crippen LogP contribution in [-0.4, -0.2) is 65.6 Å². The van der Waals surface area contributed by atoms with Gasteiger partial charge in [0.1, 0.15) is 18.2 Å². The number of rotatable bonds is 6. The van der Waals surface area contributed by atoms with Crippen LogP contribution in [0, 0.1) is 0 Å². The van der Waals surface area contributed by atoms with Gasteiger partial charge in [0, 0.05) is 7.11 Å². The van der Waals surface area contributed by atoms with E-state index >= 15 is 0 Å². The van der Waals surface area contributed by atoms with Crippen molar-refractivity contribution in [2.24, 2.45) is 0 Å². The summed E-state index contributed by atoms with van der Waals surface area (Å²) in [5.74, 6) is -1.79. The van der Waals surface area contributed by atoms with E-state index in [1.807, 2.05) is 30.3 Å². The molecule has 0 aliphatic carbocycles. The summed E-state index contributed by atoms with van der Waals surface area (Å²) < 4.78 is 18.8. The highest BCUT2D eigenvalue weighted by atomic mass is 35.6.